The molecule has 0 unspecified atom stereocenters. The maximum atomic E-state index is 10.1. The van der Waals surface area contributed by atoms with Gasteiger partial charge in [-0.1, -0.05) is 212 Å². The van der Waals surface area contributed by atoms with E-state index in [0.717, 1.165) is 25.3 Å². The molecule has 0 aliphatic carbocycles. The zero-order chi connectivity index (χ0) is 65.7. The molecule has 3 heterocycles. The van der Waals surface area contributed by atoms with E-state index in [4.69, 9.17) is 38.6 Å². The van der Waals surface area contributed by atoms with Crippen LogP contribution in [-0.2, 0) is 0 Å². The molecule has 0 saturated heterocycles. The van der Waals surface area contributed by atoms with Crippen molar-refractivity contribution < 1.29 is 35.9 Å². The van der Waals surface area contributed by atoms with E-state index in [-0.39, 0.29) is 16.8 Å². The maximum Gasteiger partial charge on any atom is 0.179 e. The van der Waals surface area contributed by atoms with Crippen LogP contribution in [0.25, 0.3) is 94.7 Å². The molecule has 0 spiro atoms. The van der Waals surface area contributed by atoms with Crippen LogP contribution >= 0.6 is 0 Å². The highest BCUT2D eigenvalue weighted by molar-refractivity contribution is 7.19. The molecule has 3 aromatic heterocycles. The molecule has 13 rings (SSSR count). The molecular weight excluding hydrogens is 857 g/mol. The minimum Gasteiger partial charge on any atom is -0.456 e. The largest absolute Gasteiger partial charge is 0.456 e. The number of fused-ring (bicyclic) bond motifs is 6. The SMILES string of the molecule is [2H]c1c([2H])c(-c2nc(-c3ccc([Si](c4ccccc4)(c4ccccc4)c4ccccc4)cc3)nc(-c3c([2H])c([2H])c([2H])c([2H])c3-n3c4c([2H])c([2H])c([2H])c([2H])c4c4c([2H])c([2H])c([2H])c([2H])c43)n2)c([2H])c(-c2c([2H])c([2H])c([2H])c3oc4c([2H])c([2H])c([2H])c([2H])c4c23)c1[2H]. The third-order valence-corrected chi connectivity index (χ3v) is 16.8. The smallest absolute Gasteiger partial charge is 0.179 e. The quantitative estimate of drug-likeness (QED) is 0.107. The molecule has 324 valence electrons. The van der Waals surface area contributed by atoms with E-state index in [1.807, 2.05) is 66.7 Å². The van der Waals surface area contributed by atoms with Gasteiger partial charge in [0.05, 0.1) is 48.2 Å². The number of hydrogen-bond donors (Lipinski definition) is 0. The van der Waals surface area contributed by atoms with Crippen LogP contribution in [0.15, 0.2) is 259 Å². The van der Waals surface area contributed by atoms with Crippen molar-refractivity contribution >= 4 is 72.6 Å². The number of para-hydroxylation sites is 4. The Morgan fingerprint density at radius 1 is 0.377 bits per heavy atom. The standard InChI is InChI=1S/C63H42N4OSi/c1-4-22-46(23-5-1)69(47-24-6-2-7-25-47,48-26-8-3-9-27-48)49-40-38-43(39-41-49)61-64-62(45-21-18-20-44(42-45)50-32-19-37-59-60(50)54-31-13-17-36-58(54)68-59)66-63(65-61)53-30-12-16-35-57(53)67-55-33-14-10-28-51(55)52-29-11-15-34-56(52)67/h1-42H/i10D,11D,12D,13D,14D,15D,16D,17D,18D,19D,20D,21D,28D,29D,30D,31D,32D,33D,34D,35D,36D,37D,42D. The van der Waals surface area contributed by atoms with Crippen LogP contribution in [0.1, 0.15) is 31.5 Å². The number of aromatic nitrogens is 4. The van der Waals surface area contributed by atoms with Gasteiger partial charge in [-0.05, 0) is 74.2 Å². The van der Waals surface area contributed by atoms with E-state index in [2.05, 4.69) is 36.4 Å². The predicted molar refractivity (Wildman–Crippen MR) is 287 cm³/mol. The summed E-state index contributed by atoms with van der Waals surface area (Å²) in [5.74, 6) is -1.69. The van der Waals surface area contributed by atoms with Crippen LogP contribution in [0.2, 0.25) is 0 Å². The van der Waals surface area contributed by atoms with E-state index in [1.54, 1.807) is 12.1 Å². The lowest BCUT2D eigenvalue weighted by Gasteiger charge is -2.34. The molecule has 5 nitrogen and oxygen atoms in total. The Labute approximate surface area is 432 Å². The van der Waals surface area contributed by atoms with Gasteiger partial charge in [-0.3, -0.25) is 0 Å². The molecule has 0 N–H and O–H groups in total. The van der Waals surface area contributed by atoms with Gasteiger partial charge in [-0.25, -0.2) is 15.0 Å². The molecule has 0 aliphatic rings. The molecule has 0 aliphatic heterocycles. The number of furan rings is 1. The Morgan fingerprint density at radius 2 is 0.855 bits per heavy atom. The molecule has 0 atom stereocenters. The molecule has 0 bridgehead atoms. The Morgan fingerprint density at radius 3 is 1.51 bits per heavy atom. The first kappa shape index (κ1) is 23.2. The first-order chi connectivity index (χ1) is 43.8. The molecule has 13 aromatic rings. The normalized spacial score (nSPS) is 16.4. The fourth-order valence-electron chi connectivity index (χ4n) is 9.07. The van der Waals surface area contributed by atoms with Gasteiger partial charge in [-0.15, -0.1) is 0 Å². The third-order valence-electron chi connectivity index (χ3n) is 12.0. The van der Waals surface area contributed by atoms with Gasteiger partial charge in [0.2, 0.25) is 0 Å². The summed E-state index contributed by atoms with van der Waals surface area (Å²) >= 11 is 0. The van der Waals surface area contributed by atoms with Crippen molar-refractivity contribution in [3.05, 3.63) is 254 Å². The number of nitrogens with zero attached hydrogens (tertiary/aromatic N) is 4. The van der Waals surface area contributed by atoms with Crippen molar-refractivity contribution in [2.75, 3.05) is 0 Å². The number of rotatable bonds is 9. The van der Waals surface area contributed by atoms with Crippen molar-refractivity contribution in [2.45, 2.75) is 0 Å². The summed E-state index contributed by atoms with van der Waals surface area (Å²) in [4.78, 5) is 14.5. The molecule has 0 fully saturated rings. The molecular formula is C63H42N4OSi. The molecule has 0 amide bonds. The number of hydrogen-bond acceptors (Lipinski definition) is 4. The summed E-state index contributed by atoms with van der Waals surface area (Å²) in [6, 6.07) is 18.0. The minimum atomic E-state index is -3.24. The fraction of sp³-hybridized carbons (Fsp3) is 0. The summed E-state index contributed by atoms with van der Waals surface area (Å²) in [5, 5.41) is 2.25. The lowest BCUT2D eigenvalue weighted by molar-refractivity contribution is 0.669. The number of benzene rings is 10. The van der Waals surface area contributed by atoms with E-state index in [1.165, 1.54) is 0 Å². The van der Waals surface area contributed by atoms with Crippen LogP contribution in [-0.4, -0.2) is 27.6 Å². The monoisotopic (exact) mass is 921 g/mol. The first-order valence-electron chi connectivity index (χ1n) is 33.0. The van der Waals surface area contributed by atoms with Gasteiger partial charge in [0.25, 0.3) is 0 Å². The Bertz CT molecular complexity index is 5210. The summed E-state index contributed by atoms with van der Waals surface area (Å²) in [5.41, 5.74) is -5.18. The predicted octanol–water partition coefficient (Wildman–Crippen LogP) is 12.9. The van der Waals surface area contributed by atoms with E-state index in [9.17, 15) is 12.3 Å². The van der Waals surface area contributed by atoms with Crippen molar-refractivity contribution in [3.8, 4) is 51.0 Å². The van der Waals surface area contributed by atoms with Gasteiger partial charge in [-0.2, -0.15) is 0 Å². The van der Waals surface area contributed by atoms with Gasteiger partial charge in [0.15, 0.2) is 25.5 Å². The lowest BCUT2D eigenvalue weighted by Crippen LogP contribution is -2.74. The van der Waals surface area contributed by atoms with Crippen molar-refractivity contribution in [2.24, 2.45) is 0 Å². The van der Waals surface area contributed by atoms with Crippen molar-refractivity contribution in [3.63, 3.8) is 0 Å². The minimum absolute atomic E-state index is 0.179. The molecule has 6 heteroatoms. The fourth-order valence-corrected chi connectivity index (χ4v) is 13.8. The third kappa shape index (κ3) is 6.72. The summed E-state index contributed by atoms with van der Waals surface area (Å²) in [7, 11) is -3.24. The Hall–Kier alpha value is -8.97. The Kier molecular flexibility index (Phi) is 5.61. The zero-order valence-corrected chi connectivity index (χ0v) is 36.7. The maximum absolute atomic E-state index is 10.1. The van der Waals surface area contributed by atoms with Crippen molar-refractivity contribution in [1.82, 2.24) is 19.5 Å². The summed E-state index contributed by atoms with van der Waals surface area (Å²) < 4.78 is 217. The highest BCUT2D eigenvalue weighted by Crippen LogP contribution is 2.39. The second-order valence-electron chi connectivity index (χ2n) is 15.7. The molecule has 0 radical (unpaired) electrons. The van der Waals surface area contributed by atoms with Gasteiger partial charge in [0, 0.05) is 38.2 Å². The van der Waals surface area contributed by atoms with Crippen LogP contribution in [0.3, 0.4) is 0 Å². The van der Waals surface area contributed by atoms with Gasteiger partial charge < -0.3 is 8.98 Å². The average molecular weight is 922 g/mol. The topological polar surface area (TPSA) is 56.7 Å². The van der Waals surface area contributed by atoms with Crippen molar-refractivity contribution in [1.29, 1.82) is 0 Å². The van der Waals surface area contributed by atoms with Crippen LogP contribution in [0.4, 0.5) is 0 Å². The second kappa shape index (κ2) is 16.7. The lowest BCUT2D eigenvalue weighted by atomic mass is 9.98. The summed E-state index contributed by atoms with van der Waals surface area (Å²) in [6.07, 6.45) is 0. The highest BCUT2D eigenvalue weighted by atomic mass is 28.3. The van der Waals surface area contributed by atoms with Gasteiger partial charge in [0.1, 0.15) is 11.2 Å². The van der Waals surface area contributed by atoms with Gasteiger partial charge >= 0.3 is 0 Å². The Balaban J connectivity index is 1.17. The molecule has 0 saturated carbocycles. The van der Waals surface area contributed by atoms with Crippen LogP contribution < -0.4 is 20.7 Å². The first-order valence-corrected chi connectivity index (χ1v) is 23.5. The second-order valence-corrected chi connectivity index (χ2v) is 19.6. The van der Waals surface area contributed by atoms with Crippen LogP contribution in [0, 0.1) is 0 Å². The van der Waals surface area contributed by atoms with E-state index in [0.29, 0.717) is 0 Å². The average Bonchev–Trinajstić information content (AvgIpc) is 1.50. The summed E-state index contributed by atoms with van der Waals surface area (Å²) in [6.45, 7) is 0. The zero-order valence-electron chi connectivity index (χ0n) is 58.7. The van der Waals surface area contributed by atoms with E-state index < -0.39 is 225 Å². The highest BCUT2D eigenvalue weighted by Gasteiger charge is 2.41. The molecule has 10 aromatic carbocycles. The van der Waals surface area contributed by atoms with E-state index >= 15 is 0 Å². The van der Waals surface area contributed by atoms with Crippen LogP contribution in [0.5, 0.6) is 0 Å². The molecule has 69 heavy (non-hydrogen) atoms.